The second-order valence-electron chi connectivity index (χ2n) is 1.20. The Balaban J connectivity index is -0.000000107. The van der Waals surface area contributed by atoms with Crippen LogP contribution in [0.4, 0.5) is 0 Å². The molecule has 11 heavy (non-hydrogen) atoms. The van der Waals surface area contributed by atoms with Crippen LogP contribution in [0.2, 0.25) is 0 Å². The van der Waals surface area contributed by atoms with Crippen molar-refractivity contribution in [2.45, 2.75) is 0 Å². The molecule has 0 aromatic heterocycles. The molecule has 0 aromatic carbocycles. The number of hydrogen-bond donors (Lipinski definition) is 8. The second-order valence-corrected chi connectivity index (χ2v) is 3.60. The van der Waals surface area contributed by atoms with Crippen LogP contribution < -0.4 is 0 Å². The molecule has 8 nitrogen and oxygen atoms in total. The van der Waals surface area contributed by atoms with Gasteiger partial charge in [-0.05, 0) is 0 Å². The molecule has 0 saturated heterocycles. The minimum atomic E-state index is -4.61. The van der Waals surface area contributed by atoms with E-state index in [2.05, 4.69) is 0 Å². The molecule has 0 aliphatic carbocycles. The van der Waals surface area contributed by atoms with Crippen LogP contribution in [0.5, 0.6) is 0 Å². The molecule has 0 unspecified atom stereocenters. The van der Waals surface area contributed by atoms with E-state index in [1.807, 2.05) is 0 Å². The van der Waals surface area contributed by atoms with Crippen LogP contribution in [-0.2, 0) is 21.7 Å². The molecule has 0 heterocycles. The van der Waals surface area contributed by atoms with Gasteiger partial charge in [-0.3, -0.25) is 0 Å². The summed E-state index contributed by atoms with van der Waals surface area (Å²) in [4.78, 5) is 58.6. The van der Waals surface area contributed by atoms with Crippen molar-refractivity contribution in [3.05, 3.63) is 0 Å². The monoisotopic (exact) mass is 240 g/mol. The van der Waals surface area contributed by atoms with E-state index in [1.165, 1.54) is 0 Å². The van der Waals surface area contributed by atoms with E-state index in [0.717, 1.165) is 0 Å². The summed E-state index contributed by atoms with van der Waals surface area (Å²) >= 11 is 0. The van der Waals surface area contributed by atoms with Crippen LogP contribution in [0.3, 0.4) is 0 Å². The summed E-state index contributed by atoms with van der Waals surface area (Å²) in [5, 5.41) is 0. The van der Waals surface area contributed by atoms with Gasteiger partial charge in [0.2, 0.25) is 0 Å². The fourth-order valence-corrected chi connectivity index (χ4v) is 0. The van der Waals surface area contributed by atoms with Gasteiger partial charge in [-0.1, -0.05) is 0 Å². The predicted molar refractivity (Wildman–Crippen MR) is 29.3 cm³/mol. The first kappa shape index (κ1) is 17.8. The first-order valence-electron chi connectivity index (χ1n) is 1.79. The Morgan fingerprint density at radius 2 is 0.455 bits per heavy atom. The summed E-state index contributed by atoms with van der Waals surface area (Å²) in [6, 6.07) is 0. The van der Waals surface area contributed by atoms with Gasteiger partial charge in [0.25, 0.3) is 0 Å². The molecule has 68 valence electrons. The molecule has 0 amide bonds. The first-order valence-corrected chi connectivity index (χ1v) is 5.37. The van der Waals surface area contributed by atoms with E-state index in [9.17, 15) is 0 Å². The Hall–Kier alpha value is 0.828. The topological polar surface area (TPSA) is 162 Å². The van der Waals surface area contributed by atoms with Gasteiger partial charge in [-0.2, -0.15) is 0 Å². The molecule has 0 atom stereocenters. The molecule has 0 radical (unpaired) electrons. The molecule has 8 N–H and O–H groups in total. The standard InChI is InChI=1S/2H4O4Si.Ti/c2*1-5(2,3)4;/h2*1-4H;. The van der Waals surface area contributed by atoms with Gasteiger partial charge in [0.15, 0.2) is 0 Å². The summed E-state index contributed by atoms with van der Waals surface area (Å²) in [6.07, 6.45) is 0. The molecular formula is H8O8Si2Ti. The Bertz CT molecular complexity index is 55.1. The molecule has 0 bridgehead atoms. The van der Waals surface area contributed by atoms with Gasteiger partial charge in [0.1, 0.15) is 0 Å². The zero-order chi connectivity index (χ0) is 9.00. The molecule has 0 aliphatic rings. The molecule has 0 rings (SSSR count). The van der Waals surface area contributed by atoms with E-state index >= 15 is 0 Å². The summed E-state index contributed by atoms with van der Waals surface area (Å²) < 4.78 is 0. The minimum Gasteiger partial charge on any atom is -0.368 e. The predicted octanol–water partition coefficient (Wildman–Crippen LogP) is -5.22. The van der Waals surface area contributed by atoms with Crippen molar-refractivity contribution in [2.24, 2.45) is 0 Å². The van der Waals surface area contributed by atoms with Crippen molar-refractivity contribution in [1.82, 2.24) is 0 Å². The molecule has 11 heteroatoms. The van der Waals surface area contributed by atoms with Crippen molar-refractivity contribution >= 4 is 18.1 Å². The summed E-state index contributed by atoms with van der Waals surface area (Å²) in [5.41, 5.74) is 0. The number of hydrogen-bond acceptors (Lipinski definition) is 8. The van der Waals surface area contributed by atoms with Crippen LogP contribution in [0.1, 0.15) is 0 Å². The van der Waals surface area contributed by atoms with Crippen molar-refractivity contribution in [3.63, 3.8) is 0 Å². The average Bonchev–Trinajstić information content (AvgIpc) is 1.12. The van der Waals surface area contributed by atoms with Crippen LogP contribution in [0.15, 0.2) is 0 Å². The average molecular weight is 240 g/mol. The molecule has 0 aromatic rings. The Kier molecular flexibility index (Phi) is 10.3. The van der Waals surface area contributed by atoms with Gasteiger partial charge >= 0.3 is 18.1 Å². The van der Waals surface area contributed by atoms with Crippen LogP contribution >= 0.6 is 0 Å². The Morgan fingerprint density at radius 1 is 0.455 bits per heavy atom. The molecule has 0 saturated carbocycles. The molecular weight excluding hydrogens is 232 g/mol. The fraction of sp³-hybridized carbons (Fsp3) is 0. The second kappa shape index (κ2) is 6.36. The third-order valence-electron chi connectivity index (χ3n) is 0. The maximum Gasteiger partial charge on any atom is 0.668 e. The van der Waals surface area contributed by atoms with Crippen molar-refractivity contribution in [1.29, 1.82) is 0 Å². The molecule has 0 spiro atoms. The maximum atomic E-state index is 7.33. The fourth-order valence-electron chi connectivity index (χ4n) is 0. The number of rotatable bonds is 0. The van der Waals surface area contributed by atoms with E-state index in [-0.39, 0.29) is 21.7 Å². The van der Waals surface area contributed by atoms with E-state index < -0.39 is 18.1 Å². The van der Waals surface area contributed by atoms with Gasteiger partial charge < -0.3 is 38.4 Å². The van der Waals surface area contributed by atoms with Crippen LogP contribution in [-0.4, -0.2) is 56.5 Å². The van der Waals surface area contributed by atoms with Crippen LogP contribution in [0, 0.1) is 0 Å². The van der Waals surface area contributed by atoms with Crippen molar-refractivity contribution in [3.8, 4) is 0 Å². The van der Waals surface area contributed by atoms with Gasteiger partial charge in [-0.25, -0.2) is 0 Å². The summed E-state index contributed by atoms with van der Waals surface area (Å²) in [5.74, 6) is 0. The third-order valence-corrected chi connectivity index (χ3v) is 0. The summed E-state index contributed by atoms with van der Waals surface area (Å²) in [6.45, 7) is 0. The largest absolute Gasteiger partial charge is 0.668 e. The SMILES string of the molecule is O[Si](O)(O)O.O[Si](O)(O)O.[Ti]. The third kappa shape index (κ3) is 1230. The van der Waals surface area contributed by atoms with E-state index in [1.54, 1.807) is 0 Å². The van der Waals surface area contributed by atoms with E-state index in [4.69, 9.17) is 38.4 Å². The van der Waals surface area contributed by atoms with Crippen molar-refractivity contribution < 1.29 is 60.1 Å². The zero-order valence-electron chi connectivity index (χ0n) is 5.08. The van der Waals surface area contributed by atoms with Gasteiger partial charge in [0.05, 0.1) is 0 Å². The Labute approximate surface area is 78.5 Å². The zero-order valence-corrected chi connectivity index (χ0v) is 8.64. The smallest absolute Gasteiger partial charge is 0.368 e. The maximum absolute atomic E-state index is 7.33. The van der Waals surface area contributed by atoms with Gasteiger partial charge in [0, 0.05) is 21.7 Å². The van der Waals surface area contributed by atoms with Crippen LogP contribution in [0.25, 0.3) is 0 Å². The normalized spacial score (nSPS) is 10.9. The first-order chi connectivity index (χ1) is 4.00. The van der Waals surface area contributed by atoms with Crippen molar-refractivity contribution in [2.75, 3.05) is 0 Å². The summed E-state index contributed by atoms with van der Waals surface area (Å²) in [7, 11) is -9.22. The Morgan fingerprint density at radius 3 is 0.455 bits per heavy atom. The van der Waals surface area contributed by atoms with Gasteiger partial charge in [-0.15, -0.1) is 0 Å². The minimum absolute atomic E-state index is 0. The quantitative estimate of drug-likeness (QED) is 0.195. The molecule has 0 fully saturated rings. The molecule has 0 aliphatic heterocycles. The van der Waals surface area contributed by atoms with E-state index in [0.29, 0.717) is 0 Å².